The molecule has 0 saturated heterocycles. The van der Waals surface area contributed by atoms with Crippen molar-refractivity contribution in [3.63, 3.8) is 0 Å². The van der Waals surface area contributed by atoms with E-state index < -0.39 is 11.6 Å². The van der Waals surface area contributed by atoms with Crippen molar-refractivity contribution in [2.24, 2.45) is 0 Å². The first kappa shape index (κ1) is 11.6. The first-order chi connectivity index (χ1) is 8.06. The SMILES string of the molecule is Cc1ccc(NC(=O)c2n[nH]c(=O)[nH]2)c(Br)c1. The van der Waals surface area contributed by atoms with Gasteiger partial charge in [0, 0.05) is 4.47 Å². The molecule has 0 fully saturated rings. The summed E-state index contributed by atoms with van der Waals surface area (Å²) in [5.74, 6) is -0.532. The summed E-state index contributed by atoms with van der Waals surface area (Å²) in [5.41, 5.74) is 1.17. The summed E-state index contributed by atoms with van der Waals surface area (Å²) in [6, 6.07) is 5.51. The topological polar surface area (TPSA) is 90.6 Å². The van der Waals surface area contributed by atoms with Crippen molar-refractivity contribution in [2.45, 2.75) is 6.92 Å². The second-order valence-electron chi connectivity index (χ2n) is 3.46. The average Bonchev–Trinajstić information content (AvgIpc) is 2.69. The number of hydrogen-bond donors (Lipinski definition) is 3. The molecule has 0 atom stereocenters. The number of carbonyl (C=O) groups is 1. The highest BCUT2D eigenvalue weighted by molar-refractivity contribution is 9.10. The maximum absolute atomic E-state index is 11.7. The van der Waals surface area contributed by atoms with Crippen LogP contribution < -0.4 is 11.0 Å². The van der Waals surface area contributed by atoms with E-state index in [4.69, 9.17) is 0 Å². The number of carbonyl (C=O) groups excluding carboxylic acids is 1. The quantitative estimate of drug-likeness (QED) is 0.783. The molecule has 1 heterocycles. The lowest BCUT2D eigenvalue weighted by Crippen LogP contribution is -2.15. The number of aromatic amines is 2. The van der Waals surface area contributed by atoms with E-state index in [2.05, 4.69) is 36.4 Å². The van der Waals surface area contributed by atoms with Crippen molar-refractivity contribution < 1.29 is 4.79 Å². The van der Waals surface area contributed by atoms with Crippen molar-refractivity contribution in [1.82, 2.24) is 15.2 Å². The molecule has 88 valence electrons. The van der Waals surface area contributed by atoms with Crippen molar-refractivity contribution in [3.8, 4) is 0 Å². The Bertz CT molecular complexity index is 617. The number of rotatable bonds is 2. The number of aromatic nitrogens is 3. The minimum absolute atomic E-state index is 0.0533. The molecule has 0 bridgehead atoms. The van der Waals surface area contributed by atoms with Gasteiger partial charge in [0.25, 0.3) is 5.91 Å². The minimum atomic E-state index is -0.516. The molecule has 0 spiro atoms. The van der Waals surface area contributed by atoms with Gasteiger partial charge in [-0.1, -0.05) is 6.07 Å². The third-order valence-electron chi connectivity index (χ3n) is 2.09. The Balaban J connectivity index is 2.21. The third kappa shape index (κ3) is 2.62. The summed E-state index contributed by atoms with van der Waals surface area (Å²) in [5, 5.41) is 8.29. The van der Waals surface area contributed by atoms with E-state index in [0.717, 1.165) is 10.0 Å². The number of benzene rings is 1. The Morgan fingerprint density at radius 2 is 2.24 bits per heavy atom. The van der Waals surface area contributed by atoms with Crippen LogP contribution in [0, 0.1) is 6.92 Å². The zero-order valence-corrected chi connectivity index (χ0v) is 10.5. The highest BCUT2D eigenvalue weighted by atomic mass is 79.9. The number of H-pyrrole nitrogens is 2. The van der Waals surface area contributed by atoms with Crippen LogP contribution in [0.3, 0.4) is 0 Å². The van der Waals surface area contributed by atoms with Gasteiger partial charge in [-0.2, -0.15) is 0 Å². The normalized spacial score (nSPS) is 10.2. The lowest BCUT2D eigenvalue weighted by molar-refractivity contribution is 0.101. The van der Waals surface area contributed by atoms with Crippen LogP contribution in [0.25, 0.3) is 0 Å². The Hall–Kier alpha value is -1.89. The highest BCUT2D eigenvalue weighted by Gasteiger charge is 2.11. The third-order valence-corrected chi connectivity index (χ3v) is 2.75. The van der Waals surface area contributed by atoms with Gasteiger partial charge in [0.1, 0.15) is 0 Å². The predicted octanol–water partition coefficient (Wildman–Crippen LogP) is 1.42. The van der Waals surface area contributed by atoms with E-state index in [1.807, 2.05) is 19.1 Å². The van der Waals surface area contributed by atoms with Gasteiger partial charge in [-0.15, -0.1) is 5.10 Å². The van der Waals surface area contributed by atoms with E-state index in [0.29, 0.717) is 5.69 Å². The van der Waals surface area contributed by atoms with Gasteiger partial charge in [-0.25, -0.2) is 9.89 Å². The van der Waals surface area contributed by atoms with E-state index in [1.165, 1.54) is 0 Å². The number of halogens is 1. The van der Waals surface area contributed by atoms with Gasteiger partial charge in [-0.05, 0) is 40.5 Å². The van der Waals surface area contributed by atoms with Crippen LogP contribution >= 0.6 is 15.9 Å². The number of anilines is 1. The number of nitrogens with one attached hydrogen (secondary N) is 3. The van der Waals surface area contributed by atoms with E-state index in [9.17, 15) is 9.59 Å². The van der Waals surface area contributed by atoms with Crippen LogP contribution in [0.1, 0.15) is 16.2 Å². The van der Waals surface area contributed by atoms with Gasteiger partial charge in [0.05, 0.1) is 5.69 Å². The molecule has 0 unspecified atom stereocenters. The first-order valence-corrected chi connectivity index (χ1v) is 5.58. The van der Waals surface area contributed by atoms with Gasteiger partial charge < -0.3 is 5.32 Å². The maximum Gasteiger partial charge on any atom is 0.341 e. The minimum Gasteiger partial charge on any atom is -0.318 e. The maximum atomic E-state index is 11.7. The predicted molar refractivity (Wildman–Crippen MR) is 66.0 cm³/mol. The molecule has 1 aromatic heterocycles. The van der Waals surface area contributed by atoms with Gasteiger partial charge >= 0.3 is 5.69 Å². The van der Waals surface area contributed by atoms with Crippen molar-refractivity contribution in [2.75, 3.05) is 5.32 Å². The molecule has 6 nitrogen and oxygen atoms in total. The standard InChI is InChI=1S/C10H9BrN4O2/c1-5-2-3-7(6(11)4-5)12-9(16)8-13-10(17)15-14-8/h2-4H,1H3,(H,12,16)(H2,13,14,15,17). The fourth-order valence-electron chi connectivity index (χ4n) is 1.28. The molecular weight excluding hydrogens is 288 g/mol. The highest BCUT2D eigenvalue weighted by Crippen LogP contribution is 2.23. The van der Waals surface area contributed by atoms with Gasteiger partial charge in [-0.3, -0.25) is 9.78 Å². The molecule has 0 aliphatic rings. The average molecular weight is 297 g/mol. The zero-order chi connectivity index (χ0) is 12.4. The van der Waals surface area contributed by atoms with Crippen LogP contribution in [0.2, 0.25) is 0 Å². The number of nitrogens with zero attached hydrogens (tertiary/aromatic N) is 1. The lowest BCUT2D eigenvalue weighted by Gasteiger charge is -2.06. The zero-order valence-electron chi connectivity index (χ0n) is 8.87. The molecule has 1 aromatic carbocycles. The van der Waals surface area contributed by atoms with Crippen molar-refractivity contribution >= 4 is 27.5 Å². The molecule has 2 aromatic rings. The van der Waals surface area contributed by atoms with Crippen molar-refractivity contribution in [1.29, 1.82) is 0 Å². The Kier molecular flexibility index (Phi) is 3.10. The summed E-state index contributed by atoms with van der Waals surface area (Å²) in [7, 11) is 0. The Morgan fingerprint density at radius 1 is 1.47 bits per heavy atom. The smallest absolute Gasteiger partial charge is 0.318 e. The molecule has 3 N–H and O–H groups in total. The van der Waals surface area contributed by atoms with Gasteiger partial charge in [0.15, 0.2) is 0 Å². The van der Waals surface area contributed by atoms with Gasteiger partial charge in [0.2, 0.25) is 5.82 Å². The Morgan fingerprint density at radius 3 is 2.82 bits per heavy atom. The summed E-state index contributed by atoms with van der Waals surface area (Å²) < 4.78 is 0.767. The number of aryl methyl sites for hydroxylation is 1. The van der Waals surface area contributed by atoms with E-state index in [-0.39, 0.29) is 5.82 Å². The largest absolute Gasteiger partial charge is 0.341 e. The molecule has 0 aliphatic heterocycles. The molecule has 1 amide bonds. The summed E-state index contributed by atoms with van der Waals surface area (Å²) >= 11 is 3.34. The molecule has 0 saturated carbocycles. The number of hydrogen-bond acceptors (Lipinski definition) is 3. The van der Waals surface area contributed by atoms with Crippen molar-refractivity contribution in [3.05, 3.63) is 44.5 Å². The second-order valence-corrected chi connectivity index (χ2v) is 4.32. The molecule has 17 heavy (non-hydrogen) atoms. The molecule has 7 heteroatoms. The fourth-order valence-corrected chi connectivity index (χ4v) is 1.87. The summed E-state index contributed by atoms with van der Waals surface area (Å²) in [4.78, 5) is 24.8. The molecular formula is C10H9BrN4O2. The Labute approximate surface area is 105 Å². The number of amides is 1. The molecule has 0 aliphatic carbocycles. The lowest BCUT2D eigenvalue weighted by atomic mass is 10.2. The van der Waals surface area contributed by atoms with Crippen LogP contribution in [-0.2, 0) is 0 Å². The van der Waals surface area contributed by atoms with Crippen LogP contribution in [0.15, 0.2) is 27.5 Å². The fraction of sp³-hybridized carbons (Fsp3) is 0.100. The summed E-state index contributed by atoms with van der Waals surface area (Å²) in [6.07, 6.45) is 0. The first-order valence-electron chi connectivity index (χ1n) is 4.78. The van der Waals surface area contributed by atoms with Crippen LogP contribution in [0.4, 0.5) is 5.69 Å². The monoisotopic (exact) mass is 296 g/mol. The molecule has 0 radical (unpaired) electrons. The second kappa shape index (κ2) is 4.54. The van der Waals surface area contributed by atoms with Crippen LogP contribution in [0.5, 0.6) is 0 Å². The van der Waals surface area contributed by atoms with E-state index >= 15 is 0 Å². The molecule has 2 rings (SSSR count). The summed E-state index contributed by atoms with van der Waals surface area (Å²) in [6.45, 7) is 1.95. The van der Waals surface area contributed by atoms with Crippen LogP contribution in [-0.4, -0.2) is 21.1 Å². The van der Waals surface area contributed by atoms with E-state index in [1.54, 1.807) is 6.07 Å².